The largest absolute Gasteiger partial charge is 0.494 e. The van der Waals surface area contributed by atoms with Gasteiger partial charge < -0.3 is 20.9 Å². The van der Waals surface area contributed by atoms with Crippen molar-refractivity contribution in [2.24, 2.45) is 0 Å². The molecule has 0 atom stereocenters. The van der Waals surface area contributed by atoms with Gasteiger partial charge in [0.25, 0.3) is 0 Å². The number of para-hydroxylation sites is 2. The van der Waals surface area contributed by atoms with Crippen LogP contribution in [0.2, 0.25) is 0 Å². The van der Waals surface area contributed by atoms with Gasteiger partial charge in [-0.1, -0.05) is 12.1 Å². The zero-order valence-electron chi connectivity index (χ0n) is 12.0. The molecule has 0 saturated heterocycles. The lowest BCUT2D eigenvalue weighted by Gasteiger charge is -2.04. The zero-order valence-corrected chi connectivity index (χ0v) is 12.0. The summed E-state index contributed by atoms with van der Waals surface area (Å²) in [6.07, 6.45) is 0. The fraction of sp³-hybridized carbons (Fsp3) is 0.250. The van der Waals surface area contributed by atoms with E-state index < -0.39 is 0 Å². The molecule has 0 heterocycles. The van der Waals surface area contributed by atoms with Gasteiger partial charge in [0, 0.05) is 5.69 Å². The number of anilines is 2. The van der Waals surface area contributed by atoms with Crippen molar-refractivity contribution in [2.45, 2.75) is 13.8 Å². The first-order chi connectivity index (χ1) is 9.67. The highest BCUT2D eigenvalue weighted by Crippen LogP contribution is 2.19. The van der Waals surface area contributed by atoms with Crippen LogP contribution in [-0.4, -0.2) is 13.2 Å². The maximum Gasteiger partial charge on any atom is 0.142 e. The van der Waals surface area contributed by atoms with Gasteiger partial charge in [0.15, 0.2) is 0 Å². The van der Waals surface area contributed by atoms with Crippen molar-refractivity contribution in [2.75, 3.05) is 24.7 Å². The Kier molecular flexibility index (Phi) is 6.82. The second-order valence-corrected chi connectivity index (χ2v) is 3.97. The normalized spacial score (nSPS) is 9.30. The molecule has 0 aliphatic carbocycles. The average molecular weight is 274 g/mol. The quantitative estimate of drug-likeness (QED) is 0.839. The van der Waals surface area contributed by atoms with Gasteiger partial charge in [-0.3, -0.25) is 0 Å². The van der Waals surface area contributed by atoms with Crippen LogP contribution in [-0.2, 0) is 0 Å². The Bertz CT molecular complexity index is 498. The second-order valence-electron chi connectivity index (χ2n) is 3.97. The van der Waals surface area contributed by atoms with E-state index in [4.69, 9.17) is 20.9 Å². The summed E-state index contributed by atoms with van der Waals surface area (Å²) in [4.78, 5) is 0. The molecule has 4 N–H and O–H groups in total. The average Bonchev–Trinajstić information content (AvgIpc) is 2.45. The van der Waals surface area contributed by atoms with E-state index in [1.165, 1.54) is 0 Å². The SMILES string of the molecule is CCOc1ccc(N)cc1.CCOc1ccccc1N. The van der Waals surface area contributed by atoms with E-state index in [-0.39, 0.29) is 0 Å². The molecular formula is C16H22N2O2. The summed E-state index contributed by atoms with van der Waals surface area (Å²) in [6.45, 7) is 5.25. The van der Waals surface area contributed by atoms with Gasteiger partial charge in [-0.15, -0.1) is 0 Å². The third-order valence-corrected chi connectivity index (χ3v) is 2.41. The van der Waals surface area contributed by atoms with E-state index in [9.17, 15) is 0 Å². The molecule has 0 spiro atoms. The molecule has 0 aromatic heterocycles. The Balaban J connectivity index is 0.000000200. The summed E-state index contributed by atoms with van der Waals surface area (Å²) in [6, 6.07) is 14.8. The van der Waals surface area contributed by atoms with E-state index in [0.29, 0.717) is 18.9 Å². The van der Waals surface area contributed by atoms with E-state index in [1.807, 2.05) is 62.4 Å². The van der Waals surface area contributed by atoms with Crippen molar-refractivity contribution in [3.05, 3.63) is 48.5 Å². The minimum atomic E-state index is 0.661. The first-order valence-electron chi connectivity index (χ1n) is 6.63. The van der Waals surface area contributed by atoms with Crippen LogP contribution in [0.3, 0.4) is 0 Å². The lowest BCUT2D eigenvalue weighted by molar-refractivity contribution is 0.340. The molecule has 0 radical (unpaired) electrons. The van der Waals surface area contributed by atoms with E-state index in [0.717, 1.165) is 17.2 Å². The summed E-state index contributed by atoms with van der Waals surface area (Å²) < 4.78 is 10.4. The highest BCUT2D eigenvalue weighted by molar-refractivity contribution is 5.51. The van der Waals surface area contributed by atoms with Crippen molar-refractivity contribution in [1.29, 1.82) is 0 Å². The molecule has 108 valence electrons. The minimum absolute atomic E-state index is 0.661. The monoisotopic (exact) mass is 274 g/mol. The fourth-order valence-corrected chi connectivity index (χ4v) is 1.50. The number of ether oxygens (including phenoxy) is 2. The first-order valence-corrected chi connectivity index (χ1v) is 6.63. The maximum atomic E-state index is 5.58. The van der Waals surface area contributed by atoms with Crippen molar-refractivity contribution >= 4 is 11.4 Å². The molecule has 4 heteroatoms. The van der Waals surface area contributed by atoms with Crippen molar-refractivity contribution in [3.63, 3.8) is 0 Å². The molecular weight excluding hydrogens is 252 g/mol. The maximum absolute atomic E-state index is 5.58. The van der Waals surface area contributed by atoms with Gasteiger partial charge in [0.1, 0.15) is 11.5 Å². The smallest absolute Gasteiger partial charge is 0.142 e. The van der Waals surface area contributed by atoms with E-state index >= 15 is 0 Å². The standard InChI is InChI=1S/2C8H11NO/c1-2-10-8-5-3-7(9)4-6-8;1-2-10-8-6-4-3-5-7(8)9/h2*3-6H,2,9H2,1H3. The van der Waals surface area contributed by atoms with Gasteiger partial charge in [-0.2, -0.15) is 0 Å². The van der Waals surface area contributed by atoms with Gasteiger partial charge >= 0.3 is 0 Å². The summed E-state index contributed by atoms with van der Waals surface area (Å²) in [5.41, 5.74) is 12.5. The fourth-order valence-electron chi connectivity index (χ4n) is 1.50. The van der Waals surface area contributed by atoms with Crippen LogP contribution in [0.5, 0.6) is 11.5 Å². The number of hydrogen-bond donors (Lipinski definition) is 2. The van der Waals surface area contributed by atoms with Crippen molar-refractivity contribution in [3.8, 4) is 11.5 Å². The molecule has 2 aromatic rings. The Hall–Kier alpha value is -2.36. The van der Waals surface area contributed by atoms with E-state index in [1.54, 1.807) is 0 Å². The topological polar surface area (TPSA) is 70.5 Å². The molecule has 0 aliphatic heterocycles. The predicted molar refractivity (Wildman–Crippen MR) is 84.0 cm³/mol. The Labute approximate surface area is 120 Å². The Morgan fingerprint density at radius 2 is 1.40 bits per heavy atom. The zero-order chi connectivity index (χ0) is 14.8. The molecule has 4 nitrogen and oxygen atoms in total. The van der Waals surface area contributed by atoms with Crippen LogP contribution in [0.25, 0.3) is 0 Å². The summed E-state index contributed by atoms with van der Waals surface area (Å²) in [5, 5.41) is 0. The number of benzene rings is 2. The number of nitrogen functional groups attached to an aromatic ring is 2. The van der Waals surface area contributed by atoms with Gasteiger partial charge in [0.2, 0.25) is 0 Å². The number of nitrogens with two attached hydrogens (primary N) is 2. The van der Waals surface area contributed by atoms with Gasteiger partial charge in [-0.25, -0.2) is 0 Å². The Morgan fingerprint density at radius 3 is 1.95 bits per heavy atom. The Morgan fingerprint density at radius 1 is 0.800 bits per heavy atom. The minimum Gasteiger partial charge on any atom is -0.494 e. The van der Waals surface area contributed by atoms with Crippen LogP contribution < -0.4 is 20.9 Å². The number of rotatable bonds is 4. The summed E-state index contributed by atoms with van der Waals surface area (Å²) in [7, 11) is 0. The highest BCUT2D eigenvalue weighted by atomic mass is 16.5. The first kappa shape index (κ1) is 15.7. The molecule has 0 fully saturated rings. The van der Waals surface area contributed by atoms with Crippen LogP contribution >= 0.6 is 0 Å². The lowest BCUT2D eigenvalue weighted by atomic mass is 10.3. The number of hydrogen-bond acceptors (Lipinski definition) is 4. The van der Waals surface area contributed by atoms with Crippen molar-refractivity contribution in [1.82, 2.24) is 0 Å². The molecule has 0 aliphatic rings. The molecule has 0 saturated carbocycles. The van der Waals surface area contributed by atoms with E-state index in [2.05, 4.69) is 0 Å². The molecule has 2 aromatic carbocycles. The summed E-state index contributed by atoms with van der Waals surface area (Å²) in [5.74, 6) is 1.64. The third-order valence-electron chi connectivity index (χ3n) is 2.41. The predicted octanol–water partition coefficient (Wildman–Crippen LogP) is 3.34. The summed E-state index contributed by atoms with van der Waals surface area (Å²) >= 11 is 0. The highest BCUT2D eigenvalue weighted by Gasteiger charge is 1.94. The molecule has 0 bridgehead atoms. The molecule has 2 rings (SSSR count). The van der Waals surface area contributed by atoms with Crippen LogP contribution in [0.15, 0.2) is 48.5 Å². The molecule has 0 amide bonds. The van der Waals surface area contributed by atoms with Crippen molar-refractivity contribution < 1.29 is 9.47 Å². The third kappa shape index (κ3) is 5.52. The molecule has 0 unspecified atom stereocenters. The van der Waals surface area contributed by atoms with Crippen LogP contribution in [0.1, 0.15) is 13.8 Å². The lowest BCUT2D eigenvalue weighted by Crippen LogP contribution is -1.95. The van der Waals surface area contributed by atoms with Gasteiger partial charge in [0.05, 0.1) is 18.9 Å². The van der Waals surface area contributed by atoms with Gasteiger partial charge in [-0.05, 0) is 50.2 Å². The van der Waals surface area contributed by atoms with Crippen LogP contribution in [0.4, 0.5) is 11.4 Å². The second kappa shape index (κ2) is 8.69. The van der Waals surface area contributed by atoms with Crippen LogP contribution in [0, 0.1) is 0 Å². The molecule has 20 heavy (non-hydrogen) atoms.